The second-order valence-electron chi connectivity index (χ2n) is 4.57. The van der Waals surface area contributed by atoms with E-state index in [0.717, 1.165) is 26.9 Å². The third kappa shape index (κ3) is 2.19. The fraction of sp³-hybridized carbons (Fsp3) is 0.833. The highest BCUT2D eigenvalue weighted by Gasteiger charge is 2.43. The van der Waals surface area contributed by atoms with Crippen LogP contribution in [-0.2, 0) is 9.47 Å². The van der Waals surface area contributed by atoms with E-state index in [0.29, 0.717) is 0 Å². The van der Waals surface area contributed by atoms with Gasteiger partial charge in [0.05, 0.1) is 0 Å². The first-order chi connectivity index (χ1) is 7.28. The highest BCUT2D eigenvalue weighted by atomic mass is 28.2. The van der Waals surface area contributed by atoms with Crippen LogP contribution in [-0.4, -0.2) is 29.7 Å². The summed E-state index contributed by atoms with van der Waals surface area (Å²) in [5, 5.41) is 0. The molecule has 2 radical (unpaired) electrons. The third-order valence-corrected chi connectivity index (χ3v) is 5.74. The maximum Gasteiger partial charge on any atom is 0.136 e. The molecule has 0 aromatic heterocycles. The van der Waals surface area contributed by atoms with E-state index in [-0.39, 0.29) is 5.91 Å². The topological polar surface area (TPSA) is 18.5 Å². The summed E-state index contributed by atoms with van der Waals surface area (Å²) >= 11 is 0. The molecule has 3 atom stereocenters. The molecule has 84 valence electrons. The van der Waals surface area contributed by atoms with Crippen LogP contribution in [0.15, 0.2) is 11.6 Å². The highest BCUT2D eigenvalue weighted by Crippen LogP contribution is 2.54. The summed E-state index contributed by atoms with van der Waals surface area (Å²) in [7, 11) is 4.30. The number of fused-ring (bicyclic) bond motifs is 2. The molecular formula is C12H20O2Si. The van der Waals surface area contributed by atoms with Crippen molar-refractivity contribution in [1.82, 2.24) is 0 Å². The first-order valence-corrected chi connectivity index (χ1v) is 6.90. The second-order valence-corrected chi connectivity index (χ2v) is 6.12. The van der Waals surface area contributed by atoms with Crippen molar-refractivity contribution in [2.75, 3.05) is 14.2 Å². The lowest BCUT2D eigenvalue weighted by Gasteiger charge is -2.25. The highest BCUT2D eigenvalue weighted by molar-refractivity contribution is 6.39. The Morgan fingerprint density at radius 2 is 2.07 bits per heavy atom. The van der Waals surface area contributed by atoms with Crippen molar-refractivity contribution in [3.63, 3.8) is 0 Å². The monoisotopic (exact) mass is 224 g/mol. The zero-order valence-electron chi connectivity index (χ0n) is 9.82. The minimum absolute atomic E-state index is 0.0309. The number of methoxy groups -OCH3 is 2. The van der Waals surface area contributed by atoms with E-state index >= 15 is 0 Å². The van der Waals surface area contributed by atoms with Crippen LogP contribution in [0.3, 0.4) is 0 Å². The Labute approximate surface area is 94.9 Å². The lowest BCUT2D eigenvalue weighted by molar-refractivity contribution is -0.0452. The van der Waals surface area contributed by atoms with Gasteiger partial charge >= 0.3 is 0 Å². The standard InChI is InChI=1S/C12H20O2Si/c1-4-8-5-10-6-9(8)7-11(10)15-12(13-2)14-3/h4,9-12H,5-7H2,1-3H3. The molecule has 2 nitrogen and oxygen atoms in total. The average molecular weight is 224 g/mol. The van der Waals surface area contributed by atoms with Crippen LogP contribution in [0, 0.1) is 11.8 Å². The van der Waals surface area contributed by atoms with Crippen LogP contribution in [0.2, 0.25) is 5.54 Å². The van der Waals surface area contributed by atoms with Crippen LogP contribution < -0.4 is 0 Å². The van der Waals surface area contributed by atoms with Gasteiger partial charge in [-0.2, -0.15) is 0 Å². The van der Waals surface area contributed by atoms with Gasteiger partial charge < -0.3 is 9.47 Å². The van der Waals surface area contributed by atoms with E-state index in [4.69, 9.17) is 9.47 Å². The molecule has 0 aromatic rings. The normalized spacial score (nSPS) is 37.1. The first-order valence-electron chi connectivity index (χ1n) is 5.75. The molecule has 2 aliphatic carbocycles. The summed E-state index contributed by atoms with van der Waals surface area (Å²) < 4.78 is 10.6. The minimum Gasteiger partial charge on any atom is -0.360 e. The molecule has 0 aliphatic heterocycles. The number of allylic oxidation sites excluding steroid dienone is 2. The zero-order chi connectivity index (χ0) is 10.8. The maximum atomic E-state index is 5.30. The van der Waals surface area contributed by atoms with Crippen molar-refractivity contribution in [2.45, 2.75) is 37.6 Å². The third-order valence-electron chi connectivity index (χ3n) is 3.87. The summed E-state index contributed by atoms with van der Waals surface area (Å²) in [4.78, 5) is 0. The fourth-order valence-electron chi connectivity index (χ4n) is 3.09. The molecule has 0 amide bonds. The van der Waals surface area contributed by atoms with Crippen molar-refractivity contribution in [3.8, 4) is 0 Å². The van der Waals surface area contributed by atoms with Crippen LogP contribution in [0.1, 0.15) is 26.2 Å². The van der Waals surface area contributed by atoms with Gasteiger partial charge in [-0.1, -0.05) is 11.6 Å². The molecule has 3 unspecified atom stereocenters. The fourth-order valence-corrected chi connectivity index (χ4v) is 4.66. The van der Waals surface area contributed by atoms with Gasteiger partial charge in [-0.05, 0) is 43.6 Å². The van der Waals surface area contributed by atoms with E-state index in [1.165, 1.54) is 19.3 Å². The average Bonchev–Trinajstić information content (AvgIpc) is 2.84. The molecule has 0 aromatic carbocycles. The number of rotatable bonds is 4. The Balaban J connectivity index is 1.89. The largest absolute Gasteiger partial charge is 0.360 e. The van der Waals surface area contributed by atoms with Crippen LogP contribution in [0.5, 0.6) is 0 Å². The summed E-state index contributed by atoms with van der Waals surface area (Å²) in [5.41, 5.74) is 2.55. The van der Waals surface area contributed by atoms with Crippen molar-refractivity contribution in [2.24, 2.45) is 11.8 Å². The summed E-state index contributed by atoms with van der Waals surface area (Å²) in [6.07, 6.45) is 6.44. The molecule has 2 aliphatic rings. The van der Waals surface area contributed by atoms with Crippen molar-refractivity contribution < 1.29 is 9.47 Å². The van der Waals surface area contributed by atoms with Gasteiger partial charge in [0.2, 0.25) is 0 Å². The molecular weight excluding hydrogens is 204 g/mol. The van der Waals surface area contributed by atoms with E-state index in [1.54, 1.807) is 19.8 Å². The molecule has 3 heteroatoms. The molecule has 15 heavy (non-hydrogen) atoms. The Kier molecular flexibility index (Phi) is 3.64. The van der Waals surface area contributed by atoms with Crippen molar-refractivity contribution >= 4 is 9.52 Å². The summed E-state index contributed by atoms with van der Waals surface area (Å²) in [6, 6.07) is 0. The van der Waals surface area contributed by atoms with E-state index in [9.17, 15) is 0 Å². The zero-order valence-corrected chi connectivity index (χ0v) is 10.8. The van der Waals surface area contributed by atoms with E-state index < -0.39 is 0 Å². The Bertz CT molecular complexity index is 248. The lowest BCUT2D eigenvalue weighted by atomic mass is 9.94. The molecule has 2 rings (SSSR count). The van der Waals surface area contributed by atoms with Gasteiger partial charge in [0.25, 0.3) is 0 Å². The molecule has 0 N–H and O–H groups in total. The van der Waals surface area contributed by atoms with Crippen LogP contribution in [0.25, 0.3) is 0 Å². The summed E-state index contributed by atoms with van der Waals surface area (Å²) in [5.74, 6) is 1.82. The Morgan fingerprint density at radius 3 is 2.53 bits per heavy atom. The first kappa shape index (κ1) is 11.4. The number of ether oxygens (including phenoxy) is 2. The molecule has 0 saturated heterocycles. The van der Waals surface area contributed by atoms with E-state index in [2.05, 4.69) is 13.0 Å². The Morgan fingerprint density at radius 1 is 1.33 bits per heavy atom. The minimum atomic E-state index is 0.0309. The predicted octanol–water partition coefficient (Wildman–Crippen LogP) is 2.43. The lowest BCUT2D eigenvalue weighted by Crippen LogP contribution is -2.28. The molecule has 2 bridgehead atoms. The quantitative estimate of drug-likeness (QED) is 0.415. The van der Waals surface area contributed by atoms with Gasteiger partial charge in [-0.3, -0.25) is 0 Å². The summed E-state index contributed by atoms with van der Waals surface area (Å²) in [6.45, 7) is 2.18. The van der Waals surface area contributed by atoms with Gasteiger partial charge in [0.1, 0.15) is 15.4 Å². The van der Waals surface area contributed by atoms with Crippen molar-refractivity contribution in [3.05, 3.63) is 11.6 Å². The van der Waals surface area contributed by atoms with Gasteiger partial charge in [0.15, 0.2) is 0 Å². The molecule has 0 spiro atoms. The van der Waals surface area contributed by atoms with Gasteiger partial charge in [-0.25, -0.2) is 0 Å². The van der Waals surface area contributed by atoms with Crippen LogP contribution >= 0.6 is 0 Å². The molecule has 0 heterocycles. The Hall–Kier alpha value is -0.123. The van der Waals surface area contributed by atoms with Gasteiger partial charge in [-0.15, -0.1) is 0 Å². The van der Waals surface area contributed by atoms with Gasteiger partial charge in [0, 0.05) is 14.2 Å². The van der Waals surface area contributed by atoms with E-state index in [1.807, 2.05) is 0 Å². The predicted molar refractivity (Wildman–Crippen MR) is 61.9 cm³/mol. The SMILES string of the molecule is CC=C1CC2CC1CC2[Si]C(OC)OC. The number of hydrogen-bond acceptors (Lipinski definition) is 2. The van der Waals surface area contributed by atoms with Crippen LogP contribution in [0.4, 0.5) is 0 Å². The maximum absolute atomic E-state index is 5.30. The second kappa shape index (κ2) is 4.81. The molecule has 2 saturated carbocycles. The van der Waals surface area contributed by atoms with Crippen molar-refractivity contribution in [1.29, 1.82) is 0 Å². The smallest absolute Gasteiger partial charge is 0.136 e. The number of hydrogen-bond donors (Lipinski definition) is 0. The molecule has 2 fully saturated rings.